The third kappa shape index (κ3) is 4.75. The molecule has 0 saturated carbocycles. The van der Waals surface area contributed by atoms with E-state index in [1.807, 2.05) is 6.92 Å². The van der Waals surface area contributed by atoms with Gasteiger partial charge in [0.2, 0.25) is 10.0 Å². The van der Waals surface area contributed by atoms with E-state index in [1.165, 1.54) is 18.5 Å². The lowest BCUT2D eigenvalue weighted by Crippen LogP contribution is -2.27. The maximum absolute atomic E-state index is 11.9. The molecular formula is C10H15BrN2O3S2. The van der Waals surface area contributed by atoms with Gasteiger partial charge in [-0.2, -0.15) is 0 Å². The number of hydrogen-bond acceptors (Lipinski definition) is 4. The summed E-state index contributed by atoms with van der Waals surface area (Å²) in [6.45, 7) is 2.08. The molecule has 0 fully saturated rings. The van der Waals surface area contributed by atoms with Gasteiger partial charge in [-0.15, -0.1) is 0 Å². The van der Waals surface area contributed by atoms with Crippen LogP contribution in [-0.2, 0) is 20.8 Å². The van der Waals surface area contributed by atoms with E-state index in [2.05, 4.69) is 25.6 Å². The van der Waals surface area contributed by atoms with Gasteiger partial charge in [0.15, 0.2) is 0 Å². The Morgan fingerprint density at radius 2 is 2.17 bits per heavy atom. The molecule has 1 N–H and O–H groups in total. The molecule has 5 nitrogen and oxygen atoms in total. The van der Waals surface area contributed by atoms with Crippen LogP contribution < -0.4 is 4.72 Å². The zero-order valence-electron chi connectivity index (χ0n) is 10.1. The Bertz CT molecular complexity index is 534. The lowest BCUT2D eigenvalue weighted by molar-refractivity contribution is 0.577. The number of pyridine rings is 1. The Kier molecular flexibility index (Phi) is 5.90. The Morgan fingerprint density at radius 1 is 1.50 bits per heavy atom. The fourth-order valence-electron chi connectivity index (χ4n) is 1.19. The Morgan fingerprint density at radius 3 is 2.72 bits per heavy atom. The van der Waals surface area contributed by atoms with Crippen molar-refractivity contribution in [2.75, 3.05) is 12.8 Å². The van der Waals surface area contributed by atoms with Crippen molar-refractivity contribution in [2.45, 2.75) is 23.5 Å². The highest BCUT2D eigenvalue weighted by Gasteiger charge is 2.15. The van der Waals surface area contributed by atoms with E-state index in [-0.39, 0.29) is 16.7 Å². The molecule has 0 aliphatic heterocycles. The first-order valence-corrected chi connectivity index (χ1v) is 9.15. The molecule has 0 aliphatic rings. The van der Waals surface area contributed by atoms with Crippen molar-refractivity contribution in [1.82, 2.24) is 9.71 Å². The smallest absolute Gasteiger partial charge is 0.242 e. The van der Waals surface area contributed by atoms with Crippen molar-refractivity contribution in [3.8, 4) is 0 Å². The molecule has 0 saturated heterocycles. The first-order valence-electron chi connectivity index (χ1n) is 5.25. The normalized spacial score (nSPS) is 15.3. The molecule has 0 aromatic carbocycles. The van der Waals surface area contributed by atoms with Gasteiger partial charge in [0.25, 0.3) is 0 Å². The number of nitrogens with one attached hydrogen (secondary N) is 1. The van der Waals surface area contributed by atoms with Gasteiger partial charge < -0.3 is 0 Å². The van der Waals surface area contributed by atoms with Crippen molar-refractivity contribution >= 4 is 36.8 Å². The summed E-state index contributed by atoms with van der Waals surface area (Å²) in [7, 11) is -4.49. The highest BCUT2D eigenvalue weighted by Crippen LogP contribution is 2.14. The Balaban J connectivity index is 2.64. The molecule has 102 valence electrons. The van der Waals surface area contributed by atoms with E-state index in [0.29, 0.717) is 10.9 Å². The molecule has 1 aromatic heterocycles. The van der Waals surface area contributed by atoms with Gasteiger partial charge in [0.1, 0.15) is 4.90 Å². The second-order valence-electron chi connectivity index (χ2n) is 3.83. The molecule has 0 spiro atoms. The Labute approximate surface area is 118 Å². The maximum atomic E-state index is 11.9. The summed E-state index contributed by atoms with van der Waals surface area (Å²) < 4.78 is 38.0. The topological polar surface area (TPSA) is 76.1 Å². The average Bonchev–Trinajstić information content (AvgIpc) is 2.28. The van der Waals surface area contributed by atoms with Crippen LogP contribution in [0.3, 0.4) is 0 Å². The molecule has 0 aliphatic carbocycles. The standard InChI is InChI=1S/C10H15BrN2O3S2/c1-8(17(2)14)3-4-13-18(15,16)10-5-9(11)6-12-7-10/h5-8,13H,3-4H2,1-2H3. The van der Waals surface area contributed by atoms with Crippen LogP contribution in [0.25, 0.3) is 0 Å². The number of hydrogen-bond donors (Lipinski definition) is 1. The summed E-state index contributed by atoms with van der Waals surface area (Å²) in [4.78, 5) is 3.92. The van der Waals surface area contributed by atoms with E-state index >= 15 is 0 Å². The minimum atomic E-state index is -3.55. The van der Waals surface area contributed by atoms with E-state index in [4.69, 9.17) is 0 Å². The summed E-state index contributed by atoms with van der Waals surface area (Å²) in [5, 5.41) is -0.0339. The molecule has 8 heteroatoms. The molecule has 2 atom stereocenters. The van der Waals surface area contributed by atoms with Crippen LogP contribution in [0, 0.1) is 0 Å². The molecule has 0 bridgehead atoms. The SMILES string of the molecule is CC(CCNS(=O)(=O)c1cncc(Br)c1)S(C)=O. The molecule has 2 unspecified atom stereocenters. The molecule has 0 radical (unpaired) electrons. The van der Waals surface area contributed by atoms with Crippen LogP contribution in [0.4, 0.5) is 0 Å². The zero-order chi connectivity index (χ0) is 13.8. The molecule has 1 rings (SSSR count). The quantitative estimate of drug-likeness (QED) is 0.834. The summed E-state index contributed by atoms with van der Waals surface area (Å²) in [5.41, 5.74) is 0. The highest BCUT2D eigenvalue weighted by atomic mass is 79.9. The van der Waals surface area contributed by atoms with E-state index in [1.54, 1.807) is 6.26 Å². The summed E-state index contributed by atoms with van der Waals surface area (Å²) in [6, 6.07) is 1.48. The summed E-state index contributed by atoms with van der Waals surface area (Å²) in [6.07, 6.45) is 4.94. The fourth-order valence-corrected chi connectivity index (χ4v) is 3.19. The first-order chi connectivity index (χ1) is 8.33. The zero-order valence-corrected chi connectivity index (χ0v) is 13.3. The van der Waals surface area contributed by atoms with Crippen LogP contribution in [0.2, 0.25) is 0 Å². The average molecular weight is 355 g/mol. The van der Waals surface area contributed by atoms with Gasteiger partial charge in [0.05, 0.1) is 0 Å². The van der Waals surface area contributed by atoms with Crippen molar-refractivity contribution < 1.29 is 12.6 Å². The second-order valence-corrected chi connectivity index (χ2v) is 8.32. The molecular weight excluding hydrogens is 340 g/mol. The first kappa shape index (κ1) is 15.7. The monoisotopic (exact) mass is 354 g/mol. The molecule has 0 amide bonds. The number of sulfonamides is 1. The van der Waals surface area contributed by atoms with Gasteiger partial charge in [-0.05, 0) is 28.4 Å². The third-order valence-corrected chi connectivity index (χ3v) is 5.63. The summed E-state index contributed by atoms with van der Waals surface area (Å²) in [5.74, 6) is 0. The molecule has 18 heavy (non-hydrogen) atoms. The van der Waals surface area contributed by atoms with Gasteiger partial charge in [0, 0.05) is 45.7 Å². The minimum absolute atomic E-state index is 0.0339. The second kappa shape index (κ2) is 6.74. The van der Waals surface area contributed by atoms with Crippen molar-refractivity contribution in [3.05, 3.63) is 22.9 Å². The maximum Gasteiger partial charge on any atom is 0.242 e. The predicted molar refractivity (Wildman–Crippen MR) is 75.3 cm³/mol. The molecule has 1 aromatic rings. The van der Waals surface area contributed by atoms with Crippen LogP contribution in [0.1, 0.15) is 13.3 Å². The van der Waals surface area contributed by atoms with Gasteiger partial charge >= 0.3 is 0 Å². The van der Waals surface area contributed by atoms with Crippen molar-refractivity contribution in [2.24, 2.45) is 0 Å². The van der Waals surface area contributed by atoms with Crippen LogP contribution >= 0.6 is 15.9 Å². The van der Waals surface area contributed by atoms with Gasteiger partial charge in [-0.1, -0.05) is 6.92 Å². The van der Waals surface area contributed by atoms with Crippen molar-refractivity contribution in [1.29, 1.82) is 0 Å². The third-order valence-electron chi connectivity index (χ3n) is 2.40. The van der Waals surface area contributed by atoms with Gasteiger partial charge in [-0.25, -0.2) is 13.1 Å². The highest BCUT2D eigenvalue weighted by molar-refractivity contribution is 9.10. The Hall–Kier alpha value is -0.310. The minimum Gasteiger partial charge on any atom is -0.262 e. The molecule has 1 heterocycles. The predicted octanol–water partition coefficient (Wildman–Crippen LogP) is 1.28. The van der Waals surface area contributed by atoms with Crippen molar-refractivity contribution in [3.63, 3.8) is 0 Å². The number of nitrogens with zero attached hydrogens (tertiary/aromatic N) is 1. The van der Waals surface area contributed by atoms with E-state index < -0.39 is 20.8 Å². The van der Waals surface area contributed by atoms with Gasteiger partial charge in [-0.3, -0.25) is 9.19 Å². The lowest BCUT2D eigenvalue weighted by Gasteiger charge is -2.09. The van der Waals surface area contributed by atoms with Crippen LogP contribution in [-0.4, -0.2) is 35.7 Å². The summed E-state index contributed by atoms with van der Waals surface area (Å²) >= 11 is 3.17. The lowest BCUT2D eigenvalue weighted by atomic mass is 10.3. The number of halogens is 1. The van der Waals surface area contributed by atoms with Crippen LogP contribution in [0.5, 0.6) is 0 Å². The fraction of sp³-hybridized carbons (Fsp3) is 0.500. The number of rotatable bonds is 6. The van der Waals surface area contributed by atoms with Crippen LogP contribution in [0.15, 0.2) is 27.8 Å². The van der Waals surface area contributed by atoms with E-state index in [0.717, 1.165) is 0 Å². The largest absolute Gasteiger partial charge is 0.262 e. The van der Waals surface area contributed by atoms with E-state index in [9.17, 15) is 12.6 Å². The number of aromatic nitrogens is 1.